The zero-order valence-electron chi connectivity index (χ0n) is 11.8. The molecule has 0 saturated carbocycles. The van der Waals surface area contributed by atoms with Crippen LogP contribution < -0.4 is 15.8 Å². The van der Waals surface area contributed by atoms with Gasteiger partial charge in [-0.05, 0) is 31.0 Å². The first-order valence-corrected chi connectivity index (χ1v) is 6.36. The molecule has 0 aliphatic rings. The van der Waals surface area contributed by atoms with Crippen LogP contribution in [0.4, 0.5) is 8.78 Å². The van der Waals surface area contributed by atoms with Gasteiger partial charge in [-0.2, -0.15) is 8.78 Å². The largest absolute Gasteiger partial charge is 0.435 e. The molecule has 0 fully saturated rings. The van der Waals surface area contributed by atoms with Crippen LogP contribution in [-0.2, 0) is 0 Å². The Labute approximate surface area is 117 Å². The summed E-state index contributed by atoms with van der Waals surface area (Å²) in [6.45, 7) is 3.10. The number of hydrogen-bond donors (Lipinski definition) is 2. The van der Waals surface area contributed by atoms with Gasteiger partial charge in [0.25, 0.3) is 5.91 Å². The highest BCUT2D eigenvalue weighted by Crippen LogP contribution is 2.19. The molecule has 1 aromatic rings. The van der Waals surface area contributed by atoms with Gasteiger partial charge in [0.05, 0.1) is 5.54 Å². The average molecular weight is 286 g/mol. The van der Waals surface area contributed by atoms with Crippen LogP contribution in [0.3, 0.4) is 0 Å². The number of halogens is 2. The molecule has 4 nitrogen and oxygen atoms in total. The van der Waals surface area contributed by atoms with E-state index in [9.17, 15) is 13.6 Å². The van der Waals surface area contributed by atoms with Crippen molar-refractivity contribution in [2.75, 3.05) is 6.54 Å². The second-order valence-corrected chi connectivity index (χ2v) is 5.14. The Bertz CT molecular complexity index is 466. The number of amides is 1. The molecule has 6 heteroatoms. The number of carbonyl (C=O) groups excluding carboxylic acids is 1. The minimum Gasteiger partial charge on any atom is -0.435 e. The van der Waals surface area contributed by atoms with Crippen molar-refractivity contribution in [2.45, 2.75) is 32.9 Å². The molecule has 112 valence electrons. The number of nitrogens with two attached hydrogens (primary N) is 1. The Hall–Kier alpha value is -1.69. The van der Waals surface area contributed by atoms with Crippen molar-refractivity contribution in [3.05, 3.63) is 29.8 Å². The summed E-state index contributed by atoms with van der Waals surface area (Å²) >= 11 is 0. The van der Waals surface area contributed by atoms with Gasteiger partial charge in [-0.3, -0.25) is 4.79 Å². The highest BCUT2D eigenvalue weighted by atomic mass is 19.3. The third kappa shape index (κ3) is 4.16. The topological polar surface area (TPSA) is 64.3 Å². The Morgan fingerprint density at radius 2 is 2.10 bits per heavy atom. The van der Waals surface area contributed by atoms with E-state index < -0.39 is 12.2 Å². The molecule has 1 rings (SSSR count). The van der Waals surface area contributed by atoms with Crippen molar-refractivity contribution in [2.24, 2.45) is 11.7 Å². The molecule has 0 saturated heterocycles. The molecular weight excluding hydrogens is 266 g/mol. The quantitative estimate of drug-likeness (QED) is 0.844. The van der Waals surface area contributed by atoms with Crippen LogP contribution in [0.2, 0.25) is 0 Å². The van der Waals surface area contributed by atoms with E-state index in [1.165, 1.54) is 24.3 Å². The molecule has 20 heavy (non-hydrogen) atoms. The van der Waals surface area contributed by atoms with Crippen LogP contribution in [0.1, 0.15) is 31.1 Å². The van der Waals surface area contributed by atoms with Crippen molar-refractivity contribution in [1.82, 2.24) is 5.32 Å². The lowest BCUT2D eigenvalue weighted by atomic mass is 9.88. The van der Waals surface area contributed by atoms with E-state index in [1.54, 1.807) is 0 Å². The highest BCUT2D eigenvalue weighted by molar-refractivity contribution is 5.95. The minimum absolute atomic E-state index is 0.0494. The van der Waals surface area contributed by atoms with E-state index in [1.807, 2.05) is 20.8 Å². The van der Waals surface area contributed by atoms with Gasteiger partial charge in [-0.15, -0.1) is 0 Å². The summed E-state index contributed by atoms with van der Waals surface area (Å²) in [7, 11) is 0. The normalized spacial score (nSPS) is 14.2. The zero-order valence-corrected chi connectivity index (χ0v) is 11.8. The highest BCUT2D eigenvalue weighted by Gasteiger charge is 2.29. The van der Waals surface area contributed by atoms with E-state index in [0.29, 0.717) is 0 Å². The average Bonchev–Trinajstić information content (AvgIpc) is 2.37. The van der Waals surface area contributed by atoms with Gasteiger partial charge >= 0.3 is 6.61 Å². The summed E-state index contributed by atoms with van der Waals surface area (Å²) < 4.78 is 28.6. The third-order valence-electron chi connectivity index (χ3n) is 3.42. The van der Waals surface area contributed by atoms with E-state index in [0.717, 1.165) is 0 Å². The van der Waals surface area contributed by atoms with Gasteiger partial charge in [-0.1, -0.05) is 19.9 Å². The van der Waals surface area contributed by atoms with E-state index in [-0.39, 0.29) is 29.7 Å². The van der Waals surface area contributed by atoms with Crippen LogP contribution >= 0.6 is 0 Å². The number of ether oxygens (including phenoxy) is 1. The standard InChI is InChI=1S/C14H20F2N2O2/c1-9(2)14(3,8-17)18-12(19)10-5-4-6-11(7-10)20-13(15)16/h4-7,9,13H,8,17H2,1-3H3,(H,18,19). The number of nitrogens with one attached hydrogen (secondary N) is 1. The lowest BCUT2D eigenvalue weighted by molar-refractivity contribution is -0.0498. The van der Waals surface area contributed by atoms with Crippen molar-refractivity contribution in [3.63, 3.8) is 0 Å². The summed E-state index contributed by atoms with van der Waals surface area (Å²) in [5.74, 6) is -0.282. The maximum Gasteiger partial charge on any atom is 0.387 e. The van der Waals surface area contributed by atoms with Gasteiger partial charge in [-0.25, -0.2) is 0 Å². The van der Waals surface area contributed by atoms with Gasteiger partial charge in [0, 0.05) is 12.1 Å². The molecule has 0 spiro atoms. The van der Waals surface area contributed by atoms with Crippen LogP contribution in [0.15, 0.2) is 24.3 Å². The molecule has 0 aliphatic carbocycles. The monoisotopic (exact) mass is 286 g/mol. The van der Waals surface area contributed by atoms with E-state index in [4.69, 9.17) is 5.73 Å². The molecule has 0 radical (unpaired) electrons. The van der Waals surface area contributed by atoms with Crippen LogP contribution in [0.5, 0.6) is 5.75 Å². The van der Waals surface area contributed by atoms with Crippen LogP contribution in [0, 0.1) is 5.92 Å². The fourth-order valence-corrected chi connectivity index (χ4v) is 1.58. The van der Waals surface area contributed by atoms with Gasteiger partial charge in [0.15, 0.2) is 0 Å². The van der Waals surface area contributed by atoms with E-state index in [2.05, 4.69) is 10.1 Å². The summed E-state index contributed by atoms with van der Waals surface area (Å²) in [4.78, 5) is 12.2. The molecule has 0 aromatic heterocycles. The first-order chi connectivity index (χ1) is 9.28. The molecule has 1 amide bonds. The number of alkyl halides is 2. The smallest absolute Gasteiger partial charge is 0.387 e. The number of hydrogen-bond acceptors (Lipinski definition) is 3. The van der Waals surface area contributed by atoms with Gasteiger partial charge in [0.1, 0.15) is 5.75 Å². The first-order valence-electron chi connectivity index (χ1n) is 6.36. The first kappa shape index (κ1) is 16.4. The second-order valence-electron chi connectivity index (χ2n) is 5.14. The maximum absolute atomic E-state index is 12.2. The fourth-order valence-electron chi connectivity index (χ4n) is 1.58. The lowest BCUT2D eigenvalue weighted by Crippen LogP contribution is -2.55. The third-order valence-corrected chi connectivity index (χ3v) is 3.42. The Balaban J connectivity index is 2.87. The summed E-state index contributed by atoms with van der Waals surface area (Å²) in [6, 6.07) is 5.67. The van der Waals surface area contributed by atoms with Gasteiger partial charge in [0.2, 0.25) is 0 Å². The number of rotatable bonds is 6. The zero-order chi connectivity index (χ0) is 15.3. The molecule has 1 atom stereocenters. The summed E-state index contributed by atoms with van der Waals surface area (Å²) in [5, 5.41) is 2.83. The van der Waals surface area contributed by atoms with Crippen molar-refractivity contribution in [3.8, 4) is 5.75 Å². The van der Waals surface area contributed by atoms with E-state index >= 15 is 0 Å². The molecule has 3 N–H and O–H groups in total. The maximum atomic E-state index is 12.2. The molecule has 0 bridgehead atoms. The number of carbonyl (C=O) groups is 1. The van der Waals surface area contributed by atoms with Crippen molar-refractivity contribution >= 4 is 5.91 Å². The summed E-state index contributed by atoms with van der Waals surface area (Å²) in [6.07, 6.45) is 0. The Morgan fingerprint density at radius 1 is 1.45 bits per heavy atom. The molecule has 1 aromatic carbocycles. The Morgan fingerprint density at radius 3 is 2.60 bits per heavy atom. The van der Waals surface area contributed by atoms with Crippen molar-refractivity contribution in [1.29, 1.82) is 0 Å². The second kappa shape index (κ2) is 6.65. The summed E-state index contributed by atoms with van der Waals surface area (Å²) in [5.41, 5.74) is 5.39. The fraction of sp³-hybridized carbons (Fsp3) is 0.500. The van der Waals surface area contributed by atoms with Crippen LogP contribution in [0.25, 0.3) is 0 Å². The predicted octanol–water partition coefficient (Wildman–Crippen LogP) is 2.39. The minimum atomic E-state index is -2.92. The number of benzene rings is 1. The SMILES string of the molecule is CC(C)C(C)(CN)NC(=O)c1cccc(OC(F)F)c1. The van der Waals surface area contributed by atoms with Gasteiger partial charge < -0.3 is 15.8 Å². The molecular formula is C14H20F2N2O2. The lowest BCUT2D eigenvalue weighted by Gasteiger charge is -2.33. The van der Waals surface area contributed by atoms with Crippen LogP contribution in [-0.4, -0.2) is 24.6 Å². The molecule has 1 unspecified atom stereocenters. The molecule has 0 heterocycles. The Kier molecular flexibility index (Phi) is 5.44. The van der Waals surface area contributed by atoms with Crippen molar-refractivity contribution < 1.29 is 18.3 Å². The molecule has 0 aliphatic heterocycles. The predicted molar refractivity (Wildman–Crippen MR) is 72.8 cm³/mol.